The number of hydrogen-bond donors (Lipinski definition) is 2. The molecule has 0 aromatic heterocycles. The van der Waals surface area contributed by atoms with Crippen LogP contribution >= 0.6 is 0 Å². The minimum absolute atomic E-state index is 0.212. The molecule has 4 nitrogen and oxygen atoms in total. The molecule has 0 spiro atoms. The Bertz CT molecular complexity index is 645. The van der Waals surface area contributed by atoms with Gasteiger partial charge in [-0.3, -0.25) is 0 Å². The number of alkyl halides is 3. The molecule has 0 heterocycles. The van der Waals surface area contributed by atoms with Crippen molar-refractivity contribution in [2.24, 2.45) is 0 Å². The number of halogens is 3. The van der Waals surface area contributed by atoms with Crippen LogP contribution in [0.5, 0.6) is 17.2 Å². The van der Waals surface area contributed by atoms with Crippen molar-refractivity contribution in [1.82, 2.24) is 0 Å². The maximum Gasteiger partial charge on any atom is 0.508 e. The minimum atomic E-state index is -5.03. The molecule has 2 atom stereocenters. The second-order valence-electron chi connectivity index (χ2n) is 5.56. The molecule has 1 aliphatic carbocycles. The van der Waals surface area contributed by atoms with Crippen LogP contribution in [0.1, 0.15) is 44.6 Å². The average molecular weight is 378 g/mol. The van der Waals surface area contributed by atoms with Gasteiger partial charge in [0.25, 0.3) is 0 Å². The van der Waals surface area contributed by atoms with E-state index in [0.29, 0.717) is 6.42 Å². The predicted molar refractivity (Wildman–Crippen MR) is 90.8 cm³/mol. The fourth-order valence-electron chi connectivity index (χ4n) is 2.50. The molecular formula is C17H21F3O4S. The number of hydrogen-bond acceptors (Lipinski definition) is 4. The van der Waals surface area contributed by atoms with Crippen molar-refractivity contribution in [3.8, 4) is 17.2 Å². The number of phenols is 2. The zero-order valence-electron chi connectivity index (χ0n) is 14.0. The van der Waals surface area contributed by atoms with Crippen molar-refractivity contribution >= 4 is 11.1 Å². The summed E-state index contributed by atoms with van der Waals surface area (Å²) in [6.45, 7) is 7.18. The second-order valence-corrected chi connectivity index (χ2v) is 6.66. The van der Waals surface area contributed by atoms with Crippen molar-refractivity contribution in [3.63, 3.8) is 0 Å². The number of benzene rings is 1. The van der Waals surface area contributed by atoms with Crippen LogP contribution in [0.2, 0.25) is 0 Å². The molecule has 2 unspecified atom stereocenters. The van der Waals surface area contributed by atoms with Crippen molar-refractivity contribution in [2.45, 2.75) is 44.5 Å². The van der Waals surface area contributed by atoms with E-state index in [0.717, 1.165) is 30.5 Å². The first-order valence-electron chi connectivity index (χ1n) is 7.57. The number of allylic oxidation sites excluding steroid dienone is 3. The molecular weight excluding hydrogens is 357 g/mol. The Hall–Kier alpha value is -1.96. The predicted octanol–water partition coefficient (Wildman–Crippen LogP) is 5.07. The molecule has 1 aromatic carbocycles. The van der Waals surface area contributed by atoms with E-state index < -0.39 is 22.3 Å². The average Bonchev–Trinajstić information content (AvgIpc) is 2.46. The van der Waals surface area contributed by atoms with Gasteiger partial charge in [-0.05, 0) is 33.1 Å². The first-order valence-corrected chi connectivity index (χ1v) is 8.64. The van der Waals surface area contributed by atoms with E-state index in [9.17, 15) is 27.6 Å². The number of aromatic hydroxyl groups is 2. The summed E-state index contributed by atoms with van der Waals surface area (Å²) in [6.07, 6.45) is 6.20. The number of rotatable bonds is 3. The third-order valence-electron chi connectivity index (χ3n) is 3.41. The van der Waals surface area contributed by atoms with Crippen LogP contribution in [0.25, 0.3) is 0 Å². The van der Waals surface area contributed by atoms with Gasteiger partial charge in [-0.25, -0.2) is 4.21 Å². The molecule has 2 rings (SSSR count). The highest BCUT2D eigenvalue weighted by Crippen LogP contribution is 2.43. The molecule has 0 bridgehead atoms. The van der Waals surface area contributed by atoms with E-state index in [1.807, 2.05) is 19.9 Å². The minimum Gasteiger partial charge on any atom is -0.507 e. The first kappa shape index (κ1) is 21.1. The van der Waals surface area contributed by atoms with Crippen molar-refractivity contribution < 1.29 is 31.8 Å². The Morgan fingerprint density at radius 3 is 2.28 bits per heavy atom. The third-order valence-corrected chi connectivity index (χ3v) is 4.14. The zero-order chi connectivity index (χ0) is 19.2. The summed E-state index contributed by atoms with van der Waals surface area (Å²) in [5, 5.41) is 20.0. The van der Waals surface area contributed by atoms with Crippen LogP contribution in [-0.4, -0.2) is 19.9 Å². The lowest BCUT2D eigenvalue weighted by Crippen LogP contribution is -2.20. The molecule has 0 fully saturated rings. The first-order chi connectivity index (χ1) is 11.6. The lowest BCUT2D eigenvalue weighted by atomic mass is 9.85. The van der Waals surface area contributed by atoms with Gasteiger partial charge in [-0.1, -0.05) is 17.7 Å². The van der Waals surface area contributed by atoms with E-state index in [1.54, 1.807) is 6.08 Å². The summed E-state index contributed by atoms with van der Waals surface area (Å²) < 4.78 is 51.7. The Morgan fingerprint density at radius 2 is 1.84 bits per heavy atom. The molecule has 0 aliphatic heterocycles. The topological polar surface area (TPSA) is 66.8 Å². The standard InChI is InChI=1S/C14H15F3O4S.C3H6/c1-8-3-2-4-9(5-8)13-11(18)6-10(7-12(13)19)21-22(20)14(15,16)17;1-3-2/h5-7,9,18-19H,2-4H2,1H3;3H,1H2,2H3. The quantitative estimate of drug-likeness (QED) is 0.721. The van der Waals surface area contributed by atoms with Gasteiger partial charge in [0.2, 0.25) is 0 Å². The van der Waals surface area contributed by atoms with Gasteiger partial charge in [0.15, 0.2) is 0 Å². The summed E-state index contributed by atoms with van der Waals surface area (Å²) in [4.78, 5) is 0. The van der Waals surface area contributed by atoms with Gasteiger partial charge >= 0.3 is 16.6 Å². The Kier molecular flexibility index (Phi) is 7.54. The smallest absolute Gasteiger partial charge is 0.507 e. The molecule has 2 N–H and O–H groups in total. The maximum atomic E-state index is 12.2. The normalized spacial score (nSPS) is 18.4. The fraction of sp³-hybridized carbons (Fsp3) is 0.412. The van der Waals surface area contributed by atoms with Crippen LogP contribution in [0.3, 0.4) is 0 Å². The molecule has 0 amide bonds. The van der Waals surface area contributed by atoms with Crippen molar-refractivity contribution in [1.29, 1.82) is 0 Å². The molecule has 0 radical (unpaired) electrons. The lowest BCUT2D eigenvalue weighted by molar-refractivity contribution is -0.0437. The monoisotopic (exact) mass is 378 g/mol. The second kappa shape index (κ2) is 8.94. The summed E-state index contributed by atoms with van der Waals surface area (Å²) in [5.74, 6) is -1.49. The van der Waals surface area contributed by atoms with E-state index in [-0.39, 0.29) is 23.0 Å². The maximum absolute atomic E-state index is 12.2. The SMILES string of the molecule is C=CC.CC1=CC(c2c(O)cc(OS(=O)C(F)(F)F)cc2O)CCC1. The van der Waals surface area contributed by atoms with Gasteiger partial charge in [-0.15, -0.1) is 6.58 Å². The number of phenolic OH excluding ortho intramolecular Hbond substituents is 2. The molecule has 0 saturated carbocycles. The van der Waals surface area contributed by atoms with Gasteiger partial charge < -0.3 is 14.4 Å². The highest BCUT2D eigenvalue weighted by atomic mass is 32.2. The molecule has 25 heavy (non-hydrogen) atoms. The highest BCUT2D eigenvalue weighted by molar-refractivity contribution is 7.81. The van der Waals surface area contributed by atoms with Crippen molar-refractivity contribution in [3.05, 3.63) is 42.0 Å². The van der Waals surface area contributed by atoms with Crippen LogP contribution in [0, 0.1) is 0 Å². The highest BCUT2D eigenvalue weighted by Gasteiger charge is 2.40. The molecule has 8 heteroatoms. The van der Waals surface area contributed by atoms with Gasteiger partial charge in [-0.2, -0.15) is 13.2 Å². The lowest BCUT2D eigenvalue weighted by Gasteiger charge is -2.22. The van der Waals surface area contributed by atoms with Crippen LogP contribution < -0.4 is 4.18 Å². The Labute approximate surface area is 147 Å². The largest absolute Gasteiger partial charge is 0.508 e. The van der Waals surface area contributed by atoms with E-state index in [2.05, 4.69) is 10.8 Å². The van der Waals surface area contributed by atoms with Crippen LogP contribution in [-0.2, 0) is 11.1 Å². The van der Waals surface area contributed by atoms with Crippen LogP contribution in [0.4, 0.5) is 13.2 Å². The summed E-state index contributed by atoms with van der Waals surface area (Å²) in [6, 6.07) is 1.85. The van der Waals surface area contributed by atoms with Gasteiger partial charge in [0, 0.05) is 23.6 Å². The summed E-state index contributed by atoms with van der Waals surface area (Å²) in [5.41, 5.74) is -3.68. The van der Waals surface area contributed by atoms with E-state index in [1.165, 1.54) is 0 Å². The molecule has 1 aromatic rings. The molecule has 140 valence electrons. The summed E-state index contributed by atoms with van der Waals surface area (Å²) in [7, 11) is 0. The summed E-state index contributed by atoms with van der Waals surface area (Å²) >= 11 is -3.56. The Morgan fingerprint density at radius 1 is 1.32 bits per heavy atom. The molecule has 1 aliphatic rings. The molecule has 0 saturated heterocycles. The van der Waals surface area contributed by atoms with E-state index >= 15 is 0 Å². The van der Waals surface area contributed by atoms with E-state index in [4.69, 9.17) is 0 Å². The fourth-order valence-corrected chi connectivity index (χ4v) is 2.86. The van der Waals surface area contributed by atoms with Gasteiger partial charge in [0.05, 0.1) is 0 Å². The Balaban J connectivity index is 0.000000970. The zero-order valence-corrected chi connectivity index (χ0v) is 14.8. The third kappa shape index (κ3) is 6.12. The van der Waals surface area contributed by atoms with Crippen molar-refractivity contribution in [2.75, 3.05) is 0 Å². The van der Waals surface area contributed by atoms with Gasteiger partial charge in [0.1, 0.15) is 17.2 Å². The van der Waals surface area contributed by atoms with Crippen LogP contribution in [0.15, 0.2) is 36.4 Å².